The van der Waals surface area contributed by atoms with E-state index in [2.05, 4.69) is 20.9 Å². The Morgan fingerprint density at radius 1 is 1.40 bits per heavy atom. The number of benzene rings is 1. The fourth-order valence-electron chi connectivity index (χ4n) is 2.03. The molecule has 1 amide bonds. The topological polar surface area (TPSA) is 65.6 Å². The lowest BCUT2D eigenvalue weighted by Crippen LogP contribution is -2.36. The van der Waals surface area contributed by atoms with Gasteiger partial charge in [-0.15, -0.1) is 0 Å². The third kappa shape index (κ3) is 3.39. The average Bonchev–Trinajstić information content (AvgIpc) is 2.85. The lowest BCUT2D eigenvalue weighted by molar-refractivity contribution is 0.0652. The number of ether oxygens (including phenoxy) is 1. The number of rotatable bonds is 6. The van der Waals surface area contributed by atoms with Crippen molar-refractivity contribution in [1.29, 1.82) is 0 Å². The number of carbonyl (C=O) groups excluding carboxylic acids is 1. The van der Waals surface area contributed by atoms with Gasteiger partial charge in [0.2, 0.25) is 0 Å². The quantitative estimate of drug-likeness (QED) is 0.845. The van der Waals surface area contributed by atoms with Gasteiger partial charge in [-0.3, -0.25) is 4.79 Å². The standard InChI is InChI=1S/C14H17BrN2O3/c1-20-7-5-17(4-6-18)14(19)13-9-10-8-11(15)2-3-12(10)16-13/h2-3,8-9,16,18H,4-7H2,1H3. The van der Waals surface area contributed by atoms with E-state index in [9.17, 15) is 4.79 Å². The van der Waals surface area contributed by atoms with Crippen LogP contribution < -0.4 is 0 Å². The van der Waals surface area contributed by atoms with Gasteiger partial charge in [0.05, 0.1) is 13.2 Å². The molecule has 0 saturated carbocycles. The van der Waals surface area contributed by atoms with Crippen LogP contribution in [0.3, 0.4) is 0 Å². The van der Waals surface area contributed by atoms with Crippen molar-refractivity contribution >= 4 is 32.7 Å². The van der Waals surface area contributed by atoms with Crippen molar-refractivity contribution in [3.05, 3.63) is 34.4 Å². The summed E-state index contributed by atoms with van der Waals surface area (Å²) in [5.41, 5.74) is 1.43. The van der Waals surface area contributed by atoms with Gasteiger partial charge in [0.25, 0.3) is 5.91 Å². The molecule has 1 aromatic carbocycles. The molecule has 2 aromatic rings. The molecule has 0 spiro atoms. The lowest BCUT2D eigenvalue weighted by Gasteiger charge is -2.20. The third-order valence-corrected chi connectivity index (χ3v) is 3.53. The number of nitrogens with zero attached hydrogens (tertiary/aromatic N) is 1. The number of fused-ring (bicyclic) bond motifs is 1. The molecule has 0 aliphatic heterocycles. The Hall–Kier alpha value is -1.37. The number of aliphatic hydroxyl groups excluding tert-OH is 1. The number of hydrogen-bond acceptors (Lipinski definition) is 3. The van der Waals surface area contributed by atoms with Gasteiger partial charge in [-0.2, -0.15) is 0 Å². The van der Waals surface area contributed by atoms with Gasteiger partial charge in [0, 0.05) is 35.6 Å². The molecule has 1 aromatic heterocycles. The first-order chi connectivity index (χ1) is 9.65. The number of nitrogens with one attached hydrogen (secondary N) is 1. The highest BCUT2D eigenvalue weighted by molar-refractivity contribution is 9.10. The van der Waals surface area contributed by atoms with E-state index >= 15 is 0 Å². The molecule has 0 unspecified atom stereocenters. The molecule has 5 nitrogen and oxygen atoms in total. The summed E-state index contributed by atoms with van der Waals surface area (Å²) in [7, 11) is 1.59. The summed E-state index contributed by atoms with van der Waals surface area (Å²) in [5.74, 6) is -0.136. The van der Waals surface area contributed by atoms with E-state index in [0.29, 0.717) is 25.4 Å². The van der Waals surface area contributed by atoms with Gasteiger partial charge in [-0.25, -0.2) is 0 Å². The minimum Gasteiger partial charge on any atom is -0.395 e. The normalized spacial score (nSPS) is 10.9. The first kappa shape index (κ1) is 15.0. The van der Waals surface area contributed by atoms with Crippen molar-refractivity contribution in [2.45, 2.75) is 0 Å². The van der Waals surface area contributed by atoms with Gasteiger partial charge >= 0.3 is 0 Å². The number of H-pyrrole nitrogens is 1. The molecule has 0 radical (unpaired) electrons. The number of hydrogen-bond donors (Lipinski definition) is 2. The van der Waals surface area contributed by atoms with Crippen molar-refractivity contribution < 1.29 is 14.6 Å². The Morgan fingerprint density at radius 3 is 2.90 bits per heavy atom. The summed E-state index contributed by atoms with van der Waals surface area (Å²) in [6.07, 6.45) is 0. The van der Waals surface area contributed by atoms with Crippen LogP contribution in [0.15, 0.2) is 28.7 Å². The summed E-state index contributed by atoms with van der Waals surface area (Å²) in [4.78, 5) is 17.1. The van der Waals surface area contributed by atoms with E-state index in [0.717, 1.165) is 15.4 Å². The molecule has 0 fully saturated rings. The number of aromatic amines is 1. The van der Waals surface area contributed by atoms with Crippen LogP contribution in [0.5, 0.6) is 0 Å². The Morgan fingerprint density at radius 2 is 2.20 bits per heavy atom. The molecule has 1 heterocycles. The SMILES string of the molecule is COCCN(CCO)C(=O)c1cc2cc(Br)ccc2[nH]1. The Kier molecular flexibility index (Phi) is 5.17. The Labute approximate surface area is 125 Å². The predicted octanol–water partition coefficient (Wildman–Crippen LogP) is 2.01. The van der Waals surface area contributed by atoms with Crippen molar-refractivity contribution in [3.8, 4) is 0 Å². The summed E-state index contributed by atoms with van der Waals surface area (Å²) >= 11 is 3.41. The summed E-state index contributed by atoms with van der Waals surface area (Å²) < 4.78 is 5.95. The zero-order chi connectivity index (χ0) is 14.5. The zero-order valence-electron chi connectivity index (χ0n) is 11.2. The number of methoxy groups -OCH3 is 1. The lowest BCUT2D eigenvalue weighted by atomic mass is 10.2. The molecule has 0 atom stereocenters. The molecule has 0 aliphatic rings. The average molecular weight is 341 g/mol. The number of amides is 1. The minimum atomic E-state index is -0.136. The molecule has 20 heavy (non-hydrogen) atoms. The van der Waals surface area contributed by atoms with E-state index in [1.165, 1.54) is 0 Å². The van der Waals surface area contributed by atoms with Crippen LogP contribution in [0.25, 0.3) is 10.9 Å². The number of carbonyl (C=O) groups is 1. The second kappa shape index (κ2) is 6.88. The Bertz CT molecular complexity index is 597. The number of aliphatic hydroxyl groups is 1. The second-order valence-electron chi connectivity index (χ2n) is 4.42. The van der Waals surface area contributed by atoms with Gasteiger partial charge < -0.3 is 19.7 Å². The van der Waals surface area contributed by atoms with Crippen LogP contribution in [-0.4, -0.2) is 54.3 Å². The predicted molar refractivity (Wildman–Crippen MR) is 80.9 cm³/mol. The van der Waals surface area contributed by atoms with Gasteiger partial charge in [0.15, 0.2) is 0 Å². The fraction of sp³-hybridized carbons (Fsp3) is 0.357. The molecular formula is C14H17BrN2O3. The molecule has 0 aliphatic carbocycles. The smallest absolute Gasteiger partial charge is 0.270 e. The van der Waals surface area contributed by atoms with Crippen LogP contribution in [-0.2, 0) is 4.74 Å². The van der Waals surface area contributed by atoms with Crippen molar-refractivity contribution in [2.75, 3.05) is 33.4 Å². The Balaban J connectivity index is 2.23. The molecule has 0 saturated heterocycles. The van der Waals surface area contributed by atoms with E-state index in [4.69, 9.17) is 9.84 Å². The van der Waals surface area contributed by atoms with E-state index < -0.39 is 0 Å². The molecule has 2 N–H and O–H groups in total. The third-order valence-electron chi connectivity index (χ3n) is 3.04. The van der Waals surface area contributed by atoms with Crippen LogP contribution in [0.4, 0.5) is 0 Å². The van der Waals surface area contributed by atoms with Crippen LogP contribution in [0.1, 0.15) is 10.5 Å². The molecule has 108 valence electrons. The number of halogens is 1. The summed E-state index contributed by atoms with van der Waals surface area (Å²) in [6, 6.07) is 7.61. The molecule has 6 heteroatoms. The van der Waals surface area contributed by atoms with E-state index in [-0.39, 0.29) is 12.5 Å². The summed E-state index contributed by atoms with van der Waals surface area (Å²) in [6.45, 7) is 1.12. The van der Waals surface area contributed by atoms with Gasteiger partial charge in [-0.1, -0.05) is 15.9 Å². The highest BCUT2D eigenvalue weighted by atomic mass is 79.9. The first-order valence-corrected chi connectivity index (χ1v) is 7.12. The highest BCUT2D eigenvalue weighted by Gasteiger charge is 2.17. The zero-order valence-corrected chi connectivity index (χ0v) is 12.8. The highest BCUT2D eigenvalue weighted by Crippen LogP contribution is 2.21. The monoisotopic (exact) mass is 340 g/mol. The first-order valence-electron chi connectivity index (χ1n) is 6.33. The number of aromatic nitrogens is 1. The van der Waals surface area contributed by atoms with Crippen LogP contribution in [0.2, 0.25) is 0 Å². The largest absolute Gasteiger partial charge is 0.395 e. The van der Waals surface area contributed by atoms with Crippen LogP contribution >= 0.6 is 15.9 Å². The van der Waals surface area contributed by atoms with E-state index in [1.54, 1.807) is 12.0 Å². The van der Waals surface area contributed by atoms with Gasteiger partial charge in [-0.05, 0) is 24.3 Å². The second-order valence-corrected chi connectivity index (χ2v) is 5.34. The van der Waals surface area contributed by atoms with Crippen molar-refractivity contribution in [2.24, 2.45) is 0 Å². The maximum atomic E-state index is 12.4. The molecule has 0 bridgehead atoms. The van der Waals surface area contributed by atoms with Crippen molar-refractivity contribution in [1.82, 2.24) is 9.88 Å². The molecular weight excluding hydrogens is 324 g/mol. The molecule has 2 rings (SSSR count). The maximum absolute atomic E-state index is 12.4. The fourth-order valence-corrected chi connectivity index (χ4v) is 2.40. The van der Waals surface area contributed by atoms with Gasteiger partial charge in [0.1, 0.15) is 5.69 Å². The summed E-state index contributed by atoms with van der Waals surface area (Å²) in [5, 5.41) is 10.0. The van der Waals surface area contributed by atoms with E-state index in [1.807, 2.05) is 24.3 Å². The van der Waals surface area contributed by atoms with Crippen molar-refractivity contribution in [3.63, 3.8) is 0 Å². The maximum Gasteiger partial charge on any atom is 0.270 e. The van der Waals surface area contributed by atoms with Crippen LogP contribution in [0, 0.1) is 0 Å². The minimum absolute atomic E-state index is 0.0682.